The van der Waals surface area contributed by atoms with Crippen LogP contribution in [0.15, 0.2) is 41.3 Å². The Kier molecular flexibility index (Phi) is 5.90. The van der Waals surface area contributed by atoms with Crippen molar-refractivity contribution in [2.75, 3.05) is 37.0 Å². The first-order valence-corrected chi connectivity index (χ1v) is 10.5. The quantitative estimate of drug-likeness (QED) is 0.767. The van der Waals surface area contributed by atoms with E-state index in [1.807, 2.05) is 13.0 Å². The average Bonchev–Trinajstić information content (AvgIpc) is 3.10. The van der Waals surface area contributed by atoms with Crippen LogP contribution in [0.3, 0.4) is 0 Å². The van der Waals surface area contributed by atoms with Crippen LogP contribution in [-0.4, -0.2) is 41.7 Å². The lowest BCUT2D eigenvalue weighted by molar-refractivity contribution is -0.122. The third-order valence-corrected chi connectivity index (χ3v) is 6.12. The van der Waals surface area contributed by atoms with Gasteiger partial charge in [-0.2, -0.15) is 0 Å². The molecule has 7 nitrogen and oxygen atoms in total. The Bertz CT molecular complexity index is 988. The fraction of sp³-hybridized carbons (Fsp3) is 0.350. The molecule has 28 heavy (non-hydrogen) atoms. The number of rotatable bonds is 7. The summed E-state index contributed by atoms with van der Waals surface area (Å²) in [6.07, 6.45) is 1.38. The Morgan fingerprint density at radius 1 is 1.18 bits per heavy atom. The van der Waals surface area contributed by atoms with E-state index in [1.54, 1.807) is 35.2 Å². The number of benzene rings is 2. The summed E-state index contributed by atoms with van der Waals surface area (Å²) in [6, 6.07) is 10.3. The van der Waals surface area contributed by atoms with Crippen molar-refractivity contribution < 1.29 is 22.7 Å². The van der Waals surface area contributed by atoms with Gasteiger partial charge in [0.15, 0.2) is 0 Å². The summed E-state index contributed by atoms with van der Waals surface area (Å²) in [6.45, 7) is 2.53. The van der Waals surface area contributed by atoms with Crippen LogP contribution >= 0.6 is 0 Å². The maximum atomic E-state index is 12.9. The number of aryl methyl sites for hydroxylation is 1. The maximum Gasteiger partial charge on any atom is 0.265 e. The minimum Gasteiger partial charge on any atom is -0.495 e. The summed E-state index contributed by atoms with van der Waals surface area (Å²) >= 11 is 0. The fourth-order valence-corrected chi connectivity index (χ4v) is 4.56. The number of hydrogen-bond acceptors (Lipinski definition) is 5. The van der Waals surface area contributed by atoms with Crippen molar-refractivity contribution in [3.63, 3.8) is 0 Å². The molecule has 0 aromatic heterocycles. The number of carbonyl (C=O) groups excluding carboxylic acids is 1. The Morgan fingerprint density at radius 2 is 1.96 bits per heavy atom. The highest BCUT2D eigenvalue weighted by molar-refractivity contribution is 7.92. The zero-order valence-corrected chi connectivity index (χ0v) is 17.0. The van der Waals surface area contributed by atoms with E-state index in [0.717, 1.165) is 23.2 Å². The molecule has 1 amide bonds. The molecule has 1 heterocycles. The SMILES string of the molecule is CCc1ccc(OC)c(S(=O)(=O)Nc2ccc3c(c2)CCN3C(=O)COC)c1. The predicted octanol–water partition coefficient (Wildman–Crippen LogP) is 2.59. The van der Waals surface area contributed by atoms with Crippen LogP contribution in [0.4, 0.5) is 11.4 Å². The second kappa shape index (κ2) is 8.20. The molecule has 150 valence electrons. The first kappa shape index (κ1) is 20.2. The summed E-state index contributed by atoms with van der Waals surface area (Å²) in [5.41, 5.74) is 3.06. The number of nitrogens with zero attached hydrogens (tertiary/aromatic N) is 1. The number of methoxy groups -OCH3 is 2. The number of sulfonamides is 1. The van der Waals surface area contributed by atoms with Crippen molar-refractivity contribution in [2.45, 2.75) is 24.7 Å². The second-order valence-corrected chi connectivity index (χ2v) is 8.17. The first-order chi connectivity index (χ1) is 13.4. The van der Waals surface area contributed by atoms with Gasteiger partial charge in [0.1, 0.15) is 17.3 Å². The fourth-order valence-electron chi connectivity index (χ4n) is 3.29. The van der Waals surface area contributed by atoms with Gasteiger partial charge in [-0.15, -0.1) is 0 Å². The molecule has 0 bridgehead atoms. The average molecular weight is 404 g/mol. The summed E-state index contributed by atoms with van der Waals surface area (Å²) in [5.74, 6) is 0.179. The van der Waals surface area contributed by atoms with E-state index < -0.39 is 10.0 Å². The van der Waals surface area contributed by atoms with Gasteiger partial charge in [-0.1, -0.05) is 13.0 Å². The standard InChI is InChI=1S/C20H24N2O5S/c1-4-14-5-8-18(27-3)19(11-14)28(24,25)21-16-6-7-17-15(12-16)9-10-22(17)20(23)13-26-2/h5-8,11-12,21H,4,9-10,13H2,1-3H3. The molecule has 8 heteroatoms. The van der Waals surface area contributed by atoms with Crippen molar-refractivity contribution in [3.05, 3.63) is 47.5 Å². The molecule has 0 saturated heterocycles. The topological polar surface area (TPSA) is 84.9 Å². The zero-order chi connectivity index (χ0) is 20.3. The van der Waals surface area contributed by atoms with E-state index >= 15 is 0 Å². The van der Waals surface area contributed by atoms with Gasteiger partial charge in [0.2, 0.25) is 0 Å². The van der Waals surface area contributed by atoms with Gasteiger partial charge in [0.25, 0.3) is 15.9 Å². The van der Waals surface area contributed by atoms with Crippen molar-refractivity contribution in [1.29, 1.82) is 0 Å². The predicted molar refractivity (Wildman–Crippen MR) is 108 cm³/mol. The maximum absolute atomic E-state index is 12.9. The number of ether oxygens (including phenoxy) is 2. The molecule has 0 fully saturated rings. The normalized spacial score (nSPS) is 13.3. The van der Waals surface area contributed by atoms with Crippen LogP contribution in [-0.2, 0) is 32.4 Å². The zero-order valence-electron chi connectivity index (χ0n) is 16.2. The van der Waals surface area contributed by atoms with Gasteiger partial charge < -0.3 is 14.4 Å². The molecule has 2 aromatic carbocycles. The molecular weight excluding hydrogens is 380 g/mol. The molecule has 0 aliphatic carbocycles. The Balaban J connectivity index is 1.88. The molecule has 0 atom stereocenters. The van der Waals surface area contributed by atoms with Gasteiger partial charge in [0, 0.05) is 25.0 Å². The van der Waals surface area contributed by atoms with E-state index in [1.165, 1.54) is 14.2 Å². The number of hydrogen-bond donors (Lipinski definition) is 1. The first-order valence-electron chi connectivity index (χ1n) is 9.01. The van der Waals surface area contributed by atoms with E-state index in [4.69, 9.17) is 9.47 Å². The minimum atomic E-state index is -3.82. The highest BCUT2D eigenvalue weighted by atomic mass is 32.2. The molecule has 1 aliphatic rings. The molecule has 0 saturated carbocycles. The molecule has 1 N–H and O–H groups in total. The van der Waals surface area contributed by atoms with Crippen molar-refractivity contribution in [1.82, 2.24) is 0 Å². The van der Waals surface area contributed by atoms with E-state index in [2.05, 4.69) is 4.72 Å². The third-order valence-electron chi connectivity index (χ3n) is 4.72. The number of fused-ring (bicyclic) bond motifs is 1. The molecule has 0 radical (unpaired) electrons. The number of amides is 1. The summed E-state index contributed by atoms with van der Waals surface area (Å²) < 4.78 is 38.6. The lowest BCUT2D eigenvalue weighted by Gasteiger charge is -2.17. The monoisotopic (exact) mass is 404 g/mol. The number of carbonyl (C=O) groups is 1. The van der Waals surface area contributed by atoms with Crippen LogP contribution in [0.25, 0.3) is 0 Å². The third kappa shape index (κ3) is 3.98. The van der Waals surface area contributed by atoms with Crippen molar-refractivity contribution >= 4 is 27.3 Å². The smallest absolute Gasteiger partial charge is 0.265 e. The van der Waals surface area contributed by atoms with Gasteiger partial charge in [-0.05, 0) is 54.3 Å². The molecule has 1 aliphatic heterocycles. The lowest BCUT2D eigenvalue weighted by atomic mass is 10.1. The minimum absolute atomic E-state index is 0.0153. The van der Waals surface area contributed by atoms with Crippen LogP contribution in [0, 0.1) is 0 Å². The molecule has 3 rings (SSSR count). The van der Waals surface area contributed by atoms with Crippen LogP contribution < -0.4 is 14.4 Å². The van der Waals surface area contributed by atoms with Gasteiger partial charge in [0.05, 0.1) is 7.11 Å². The highest BCUT2D eigenvalue weighted by Crippen LogP contribution is 2.32. The molecule has 0 spiro atoms. The second-order valence-electron chi connectivity index (χ2n) is 6.52. The van der Waals surface area contributed by atoms with Crippen molar-refractivity contribution in [3.8, 4) is 5.75 Å². The highest BCUT2D eigenvalue weighted by Gasteiger charge is 2.26. The van der Waals surface area contributed by atoms with E-state index in [9.17, 15) is 13.2 Å². The van der Waals surface area contributed by atoms with Gasteiger partial charge >= 0.3 is 0 Å². The molecular formula is C20H24N2O5S. The summed E-state index contributed by atoms with van der Waals surface area (Å²) in [5, 5.41) is 0. The Labute approximate surface area is 165 Å². The molecule has 2 aromatic rings. The summed E-state index contributed by atoms with van der Waals surface area (Å²) in [4.78, 5) is 13.9. The lowest BCUT2D eigenvalue weighted by Crippen LogP contribution is -2.31. The number of anilines is 2. The Morgan fingerprint density at radius 3 is 2.64 bits per heavy atom. The Hall–Kier alpha value is -2.58. The largest absolute Gasteiger partial charge is 0.495 e. The number of nitrogens with one attached hydrogen (secondary N) is 1. The van der Waals surface area contributed by atoms with E-state index in [-0.39, 0.29) is 17.4 Å². The van der Waals surface area contributed by atoms with Crippen LogP contribution in [0.5, 0.6) is 5.75 Å². The van der Waals surface area contributed by atoms with Crippen molar-refractivity contribution in [2.24, 2.45) is 0 Å². The van der Waals surface area contributed by atoms with Gasteiger partial charge in [-0.25, -0.2) is 8.42 Å². The van der Waals surface area contributed by atoms with Crippen LogP contribution in [0.2, 0.25) is 0 Å². The van der Waals surface area contributed by atoms with E-state index in [0.29, 0.717) is 24.4 Å². The van der Waals surface area contributed by atoms with Gasteiger partial charge in [-0.3, -0.25) is 9.52 Å². The van der Waals surface area contributed by atoms with Crippen LogP contribution in [0.1, 0.15) is 18.1 Å². The summed E-state index contributed by atoms with van der Waals surface area (Å²) in [7, 11) is -0.894. The molecule has 0 unspecified atom stereocenters.